The molecule has 0 amide bonds. The van der Waals surface area contributed by atoms with Crippen LogP contribution in [0.15, 0.2) is 29.2 Å². The van der Waals surface area contributed by atoms with Crippen molar-refractivity contribution in [3.8, 4) is 5.75 Å². The average molecular weight is 299 g/mol. The van der Waals surface area contributed by atoms with Crippen molar-refractivity contribution in [2.24, 2.45) is 0 Å². The predicted molar refractivity (Wildman–Crippen MR) is 76.2 cm³/mol. The van der Waals surface area contributed by atoms with Crippen LogP contribution in [0.4, 0.5) is 0 Å². The van der Waals surface area contributed by atoms with E-state index in [0.29, 0.717) is 25.3 Å². The van der Waals surface area contributed by atoms with Gasteiger partial charge in [0.2, 0.25) is 10.0 Å². The smallest absolute Gasteiger partial charge is 0.243 e. The van der Waals surface area contributed by atoms with Crippen LogP contribution in [0.5, 0.6) is 5.75 Å². The lowest BCUT2D eigenvalue weighted by molar-refractivity contribution is 0.155. The fourth-order valence-corrected chi connectivity index (χ4v) is 4.17. The number of sulfonamides is 1. The lowest BCUT2D eigenvalue weighted by atomic mass is 10.1. The summed E-state index contributed by atoms with van der Waals surface area (Å²) in [7, 11) is -3.54. The Balaban J connectivity index is 2.24. The number of rotatable bonds is 5. The summed E-state index contributed by atoms with van der Waals surface area (Å²) < 4.78 is 31.9. The zero-order valence-electron chi connectivity index (χ0n) is 11.7. The molecule has 1 N–H and O–H groups in total. The Labute approximate surface area is 120 Å². The minimum Gasteiger partial charge on any atom is -0.494 e. The van der Waals surface area contributed by atoms with E-state index >= 15 is 0 Å². The first-order chi connectivity index (χ1) is 9.59. The van der Waals surface area contributed by atoms with Gasteiger partial charge in [0.05, 0.1) is 18.1 Å². The molecule has 1 unspecified atom stereocenters. The molecule has 1 aromatic carbocycles. The van der Waals surface area contributed by atoms with Crippen molar-refractivity contribution in [1.82, 2.24) is 4.31 Å². The number of benzene rings is 1. The Morgan fingerprint density at radius 2 is 2.00 bits per heavy atom. The van der Waals surface area contributed by atoms with E-state index in [1.54, 1.807) is 24.3 Å². The maximum absolute atomic E-state index is 12.6. The van der Waals surface area contributed by atoms with Crippen LogP contribution in [0.25, 0.3) is 0 Å². The summed E-state index contributed by atoms with van der Waals surface area (Å²) in [6.07, 6.45) is 2.51. The lowest BCUT2D eigenvalue weighted by Gasteiger charge is -2.33. The third kappa shape index (κ3) is 3.13. The van der Waals surface area contributed by atoms with Crippen LogP contribution in [0.2, 0.25) is 0 Å². The molecule has 0 spiro atoms. The number of aliphatic hydroxyl groups is 1. The molecule has 2 rings (SSSR count). The summed E-state index contributed by atoms with van der Waals surface area (Å²) in [5.74, 6) is 0.656. The van der Waals surface area contributed by atoms with Gasteiger partial charge < -0.3 is 9.84 Å². The second-order valence-corrected chi connectivity index (χ2v) is 6.74. The molecule has 0 aromatic heterocycles. The van der Waals surface area contributed by atoms with E-state index < -0.39 is 10.0 Å². The summed E-state index contributed by atoms with van der Waals surface area (Å²) in [6, 6.07) is 6.13. The van der Waals surface area contributed by atoms with Crippen LogP contribution in [0, 0.1) is 0 Å². The van der Waals surface area contributed by atoms with Gasteiger partial charge in [0.25, 0.3) is 0 Å². The average Bonchev–Trinajstić information content (AvgIpc) is 2.48. The Morgan fingerprint density at radius 3 is 2.60 bits per heavy atom. The molecular weight excluding hydrogens is 278 g/mol. The quantitative estimate of drug-likeness (QED) is 0.897. The van der Waals surface area contributed by atoms with Gasteiger partial charge in [-0.2, -0.15) is 4.31 Å². The van der Waals surface area contributed by atoms with E-state index in [-0.39, 0.29) is 17.5 Å². The summed E-state index contributed by atoms with van der Waals surface area (Å²) >= 11 is 0. The molecule has 6 heteroatoms. The highest BCUT2D eigenvalue weighted by Gasteiger charge is 2.32. The van der Waals surface area contributed by atoms with Gasteiger partial charge in [0.1, 0.15) is 5.75 Å². The Bertz CT molecular complexity index is 527. The molecule has 1 atom stereocenters. The Kier molecular flexibility index (Phi) is 5.01. The maximum atomic E-state index is 12.6. The molecule has 0 bridgehead atoms. The Morgan fingerprint density at radius 1 is 1.30 bits per heavy atom. The topological polar surface area (TPSA) is 66.8 Å². The molecule has 1 heterocycles. The molecule has 112 valence electrons. The van der Waals surface area contributed by atoms with Crippen LogP contribution in [0.3, 0.4) is 0 Å². The van der Waals surface area contributed by atoms with Crippen LogP contribution < -0.4 is 4.74 Å². The van der Waals surface area contributed by atoms with E-state index in [1.807, 2.05) is 6.92 Å². The fourth-order valence-electron chi connectivity index (χ4n) is 2.48. The molecule has 1 aromatic rings. The van der Waals surface area contributed by atoms with Gasteiger partial charge in [-0.25, -0.2) is 8.42 Å². The number of piperidine rings is 1. The van der Waals surface area contributed by atoms with E-state index in [0.717, 1.165) is 12.8 Å². The monoisotopic (exact) mass is 299 g/mol. The highest BCUT2D eigenvalue weighted by atomic mass is 32.2. The van der Waals surface area contributed by atoms with Crippen molar-refractivity contribution in [3.05, 3.63) is 24.3 Å². The second kappa shape index (κ2) is 6.56. The van der Waals surface area contributed by atoms with Gasteiger partial charge in [-0.15, -0.1) is 0 Å². The van der Waals surface area contributed by atoms with E-state index in [1.165, 1.54) is 4.31 Å². The minimum atomic E-state index is -3.54. The predicted octanol–water partition coefficient (Wildman–Crippen LogP) is 1.62. The lowest BCUT2D eigenvalue weighted by Crippen LogP contribution is -2.45. The second-order valence-electron chi connectivity index (χ2n) is 4.85. The van der Waals surface area contributed by atoms with Crippen molar-refractivity contribution in [2.75, 3.05) is 19.8 Å². The highest BCUT2D eigenvalue weighted by Crippen LogP contribution is 2.26. The molecule has 0 aliphatic carbocycles. The van der Waals surface area contributed by atoms with Gasteiger partial charge in [0, 0.05) is 12.6 Å². The zero-order valence-corrected chi connectivity index (χ0v) is 12.5. The SMILES string of the molecule is CCOc1ccc(S(=O)(=O)N2CCCCC2CO)cc1. The molecule has 1 fully saturated rings. The van der Waals surface area contributed by atoms with Gasteiger partial charge in [0.15, 0.2) is 0 Å². The van der Waals surface area contributed by atoms with Crippen molar-refractivity contribution in [2.45, 2.75) is 37.1 Å². The summed E-state index contributed by atoms with van der Waals surface area (Å²) in [5.41, 5.74) is 0. The number of hydrogen-bond acceptors (Lipinski definition) is 4. The van der Waals surface area contributed by atoms with E-state index in [4.69, 9.17) is 4.74 Å². The summed E-state index contributed by atoms with van der Waals surface area (Å²) in [4.78, 5) is 0.251. The van der Waals surface area contributed by atoms with Crippen molar-refractivity contribution < 1.29 is 18.3 Å². The zero-order chi connectivity index (χ0) is 14.6. The van der Waals surface area contributed by atoms with Gasteiger partial charge in [-0.05, 0) is 44.0 Å². The standard InChI is InChI=1S/C14H21NO4S/c1-2-19-13-6-8-14(9-7-13)20(17,18)15-10-4-3-5-12(15)11-16/h6-9,12,16H,2-5,10-11H2,1H3. The maximum Gasteiger partial charge on any atom is 0.243 e. The molecule has 20 heavy (non-hydrogen) atoms. The van der Waals surface area contributed by atoms with E-state index in [2.05, 4.69) is 0 Å². The van der Waals surface area contributed by atoms with Crippen LogP contribution in [-0.4, -0.2) is 43.6 Å². The van der Waals surface area contributed by atoms with Gasteiger partial charge >= 0.3 is 0 Å². The molecule has 0 radical (unpaired) electrons. The number of ether oxygens (including phenoxy) is 1. The van der Waals surface area contributed by atoms with Crippen molar-refractivity contribution in [3.63, 3.8) is 0 Å². The number of nitrogens with zero attached hydrogens (tertiary/aromatic N) is 1. The highest BCUT2D eigenvalue weighted by molar-refractivity contribution is 7.89. The fraction of sp³-hybridized carbons (Fsp3) is 0.571. The van der Waals surface area contributed by atoms with E-state index in [9.17, 15) is 13.5 Å². The molecular formula is C14H21NO4S. The summed E-state index contributed by atoms with van der Waals surface area (Å²) in [5, 5.41) is 9.36. The first kappa shape index (κ1) is 15.3. The normalized spacial score (nSPS) is 20.8. The van der Waals surface area contributed by atoms with Crippen molar-refractivity contribution >= 4 is 10.0 Å². The van der Waals surface area contributed by atoms with Gasteiger partial charge in [-0.1, -0.05) is 6.42 Å². The Hall–Kier alpha value is -1.11. The van der Waals surface area contributed by atoms with Gasteiger partial charge in [-0.3, -0.25) is 0 Å². The number of aliphatic hydroxyl groups excluding tert-OH is 1. The van der Waals surface area contributed by atoms with Crippen molar-refractivity contribution in [1.29, 1.82) is 0 Å². The molecule has 1 aliphatic rings. The first-order valence-corrected chi connectivity index (χ1v) is 8.39. The summed E-state index contributed by atoms with van der Waals surface area (Å²) in [6.45, 7) is 2.77. The van der Waals surface area contributed by atoms with Crippen LogP contribution in [-0.2, 0) is 10.0 Å². The minimum absolute atomic E-state index is 0.129. The number of hydrogen-bond donors (Lipinski definition) is 1. The largest absolute Gasteiger partial charge is 0.494 e. The molecule has 1 saturated heterocycles. The third-order valence-corrected chi connectivity index (χ3v) is 5.49. The van der Waals surface area contributed by atoms with Crippen LogP contribution >= 0.6 is 0 Å². The third-order valence-electron chi connectivity index (χ3n) is 3.53. The molecule has 1 aliphatic heterocycles. The first-order valence-electron chi connectivity index (χ1n) is 6.95. The molecule has 5 nitrogen and oxygen atoms in total. The van der Waals surface area contributed by atoms with Crippen LogP contribution in [0.1, 0.15) is 26.2 Å². The molecule has 0 saturated carbocycles.